The lowest BCUT2D eigenvalue weighted by molar-refractivity contribution is -0.115. The number of benzene rings is 5. The quantitative estimate of drug-likeness (QED) is 0.300. The standard InChI is InChI=1S/C30H25NO3/c1-33-28-16-15-26(31-30(32)18-21-13-14-22-7-2-3-9-24(22)17-21)19-29(28)34-20-25-11-6-10-23-8-4-5-12-27(23)25/h2-17,19H,18,20H2,1H3,(H,31,32). The van der Waals surface area contributed by atoms with Gasteiger partial charge in [-0.25, -0.2) is 0 Å². The molecule has 1 amide bonds. The Balaban J connectivity index is 1.30. The summed E-state index contributed by atoms with van der Waals surface area (Å²) in [6.45, 7) is 0.395. The van der Waals surface area contributed by atoms with Crippen LogP contribution in [0.2, 0.25) is 0 Å². The Morgan fingerprint density at radius 3 is 2.35 bits per heavy atom. The lowest BCUT2D eigenvalue weighted by Gasteiger charge is -2.14. The Bertz CT molecular complexity index is 1470. The van der Waals surface area contributed by atoms with Crippen molar-refractivity contribution in [3.8, 4) is 11.5 Å². The number of methoxy groups -OCH3 is 1. The molecule has 0 aliphatic heterocycles. The average molecular weight is 448 g/mol. The minimum atomic E-state index is -0.0829. The van der Waals surface area contributed by atoms with Crippen molar-refractivity contribution in [3.05, 3.63) is 114 Å². The van der Waals surface area contributed by atoms with Gasteiger partial charge in [0.25, 0.3) is 0 Å². The van der Waals surface area contributed by atoms with Crippen LogP contribution in [0.3, 0.4) is 0 Å². The fraction of sp³-hybridized carbons (Fsp3) is 0.100. The largest absolute Gasteiger partial charge is 0.493 e. The van der Waals surface area contributed by atoms with Crippen LogP contribution < -0.4 is 14.8 Å². The summed E-state index contributed by atoms with van der Waals surface area (Å²) in [5.74, 6) is 1.12. The first-order valence-electron chi connectivity index (χ1n) is 11.2. The first-order chi connectivity index (χ1) is 16.7. The van der Waals surface area contributed by atoms with Crippen molar-refractivity contribution in [1.29, 1.82) is 0 Å². The van der Waals surface area contributed by atoms with Gasteiger partial charge < -0.3 is 14.8 Å². The minimum Gasteiger partial charge on any atom is -0.493 e. The van der Waals surface area contributed by atoms with Crippen molar-refractivity contribution < 1.29 is 14.3 Å². The number of hydrogen-bond donors (Lipinski definition) is 1. The van der Waals surface area contributed by atoms with Gasteiger partial charge in [0, 0.05) is 11.8 Å². The third kappa shape index (κ3) is 4.71. The summed E-state index contributed by atoms with van der Waals surface area (Å²) in [6.07, 6.45) is 0.295. The van der Waals surface area contributed by atoms with Crippen LogP contribution >= 0.6 is 0 Å². The maximum Gasteiger partial charge on any atom is 0.228 e. The zero-order valence-electron chi connectivity index (χ0n) is 19.0. The molecule has 0 saturated carbocycles. The van der Waals surface area contributed by atoms with Crippen molar-refractivity contribution >= 4 is 33.1 Å². The highest BCUT2D eigenvalue weighted by Gasteiger charge is 2.11. The van der Waals surface area contributed by atoms with E-state index >= 15 is 0 Å². The Morgan fingerprint density at radius 1 is 0.735 bits per heavy atom. The summed E-state index contributed by atoms with van der Waals surface area (Å²) in [5.41, 5.74) is 2.72. The Labute approximate surface area is 198 Å². The zero-order valence-corrected chi connectivity index (χ0v) is 19.0. The number of carbonyl (C=O) groups excluding carboxylic acids is 1. The van der Waals surface area contributed by atoms with Gasteiger partial charge in [0.2, 0.25) is 5.91 Å². The van der Waals surface area contributed by atoms with E-state index in [1.165, 1.54) is 5.39 Å². The molecule has 0 aliphatic carbocycles. The molecule has 4 nitrogen and oxygen atoms in total. The maximum absolute atomic E-state index is 12.7. The lowest BCUT2D eigenvalue weighted by Crippen LogP contribution is -2.14. The first-order valence-corrected chi connectivity index (χ1v) is 11.2. The van der Waals surface area contributed by atoms with Gasteiger partial charge in [-0.2, -0.15) is 0 Å². The van der Waals surface area contributed by atoms with Gasteiger partial charge in [0.1, 0.15) is 6.61 Å². The van der Waals surface area contributed by atoms with Crippen LogP contribution in [0.15, 0.2) is 103 Å². The van der Waals surface area contributed by atoms with Gasteiger partial charge >= 0.3 is 0 Å². The molecule has 0 aromatic heterocycles. The second-order valence-corrected chi connectivity index (χ2v) is 8.20. The van der Waals surface area contributed by atoms with Gasteiger partial charge in [0.15, 0.2) is 11.5 Å². The second-order valence-electron chi connectivity index (χ2n) is 8.20. The number of rotatable bonds is 7. The van der Waals surface area contributed by atoms with E-state index in [1.54, 1.807) is 7.11 Å². The van der Waals surface area contributed by atoms with Crippen LogP contribution in [0.1, 0.15) is 11.1 Å². The number of fused-ring (bicyclic) bond motifs is 2. The van der Waals surface area contributed by atoms with Crippen molar-refractivity contribution in [2.75, 3.05) is 12.4 Å². The van der Waals surface area contributed by atoms with Crippen LogP contribution in [0, 0.1) is 0 Å². The highest BCUT2D eigenvalue weighted by Crippen LogP contribution is 2.32. The number of nitrogens with one attached hydrogen (secondary N) is 1. The molecule has 0 atom stereocenters. The number of anilines is 1. The van der Waals surface area contributed by atoms with Crippen LogP contribution in [-0.2, 0) is 17.8 Å². The van der Waals surface area contributed by atoms with Gasteiger partial charge in [-0.3, -0.25) is 4.79 Å². The van der Waals surface area contributed by atoms with E-state index in [9.17, 15) is 4.79 Å². The summed E-state index contributed by atoms with van der Waals surface area (Å²) in [5, 5.41) is 7.60. The van der Waals surface area contributed by atoms with Crippen molar-refractivity contribution in [3.63, 3.8) is 0 Å². The molecule has 0 unspecified atom stereocenters. The number of hydrogen-bond acceptors (Lipinski definition) is 3. The summed E-state index contributed by atoms with van der Waals surface area (Å²) < 4.78 is 11.6. The molecule has 5 aromatic rings. The molecule has 0 saturated heterocycles. The molecule has 168 valence electrons. The Hall–Kier alpha value is -4.31. The van der Waals surface area contributed by atoms with E-state index < -0.39 is 0 Å². The molecule has 0 heterocycles. The van der Waals surface area contributed by atoms with Crippen molar-refractivity contribution in [2.24, 2.45) is 0 Å². The Morgan fingerprint density at radius 2 is 1.50 bits per heavy atom. The van der Waals surface area contributed by atoms with Crippen LogP contribution in [0.25, 0.3) is 21.5 Å². The minimum absolute atomic E-state index is 0.0829. The van der Waals surface area contributed by atoms with Gasteiger partial charge in [-0.1, -0.05) is 84.9 Å². The molecule has 0 radical (unpaired) electrons. The Kier molecular flexibility index (Phi) is 6.13. The van der Waals surface area contributed by atoms with Gasteiger partial charge in [-0.15, -0.1) is 0 Å². The predicted octanol–water partition coefficient (Wildman–Crippen LogP) is 6.76. The molecule has 5 rings (SSSR count). The summed E-state index contributed by atoms with van der Waals surface area (Å²) in [6, 6.07) is 34.1. The molecule has 34 heavy (non-hydrogen) atoms. The smallest absolute Gasteiger partial charge is 0.228 e. The number of carbonyl (C=O) groups is 1. The molecule has 4 heteroatoms. The van der Waals surface area contributed by atoms with E-state index in [0.29, 0.717) is 30.2 Å². The third-order valence-corrected chi connectivity index (χ3v) is 5.89. The topological polar surface area (TPSA) is 47.6 Å². The molecule has 0 aliphatic rings. The summed E-state index contributed by atoms with van der Waals surface area (Å²) >= 11 is 0. The molecule has 0 bridgehead atoms. The predicted molar refractivity (Wildman–Crippen MR) is 138 cm³/mol. The highest BCUT2D eigenvalue weighted by atomic mass is 16.5. The highest BCUT2D eigenvalue weighted by molar-refractivity contribution is 5.93. The van der Waals surface area contributed by atoms with E-state index in [0.717, 1.165) is 27.3 Å². The SMILES string of the molecule is COc1ccc(NC(=O)Cc2ccc3ccccc3c2)cc1OCc1cccc2ccccc12. The fourth-order valence-electron chi connectivity index (χ4n) is 4.18. The number of ether oxygens (including phenoxy) is 2. The third-order valence-electron chi connectivity index (χ3n) is 5.89. The average Bonchev–Trinajstić information content (AvgIpc) is 2.87. The van der Waals surface area contributed by atoms with E-state index in [1.807, 2.05) is 60.7 Å². The first kappa shape index (κ1) is 21.5. The van der Waals surface area contributed by atoms with Crippen LogP contribution in [0.4, 0.5) is 5.69 Å². The molecule has 0 spiro atoms. The lowest BCUT2D eigenvalue weighted by atomic mass is 10.0. The summed E-state index contributed by atoms with van der Waals surface area (Å²) in [4.78, 5) is 12.7. The van der Waals surface area contributed by atoms with Gasteiger partial charge in [0.05, 0.1) is 13.5 Å². The normalized spacial score (nSPS) is 10.9. The van der Waals surface area contributed by atoms with Crippen LogP contribution in [-0.4, -0.2) is 13.0 Å². The molecular formula is C30H25NO3. The summed E-state index contributed by atoms with van der Waals surface area (Å²) in [7, 11) is 1.61. The van der Waals surface area contributed by atoms with Crippen molar-refractivity contribution in [1.82, 2.24) is 0 Å². The van der Waals surface area contributed by atoms with E-state index in [4.69, 9.17) is 9.47 Å². The van der Waals surface area contributed by atoms with Crippen molar-refractivity contribution in [2.45, 2.75) is 13.0 Å². The zero-order chi connectivity index (χ0) is 23.3. The molecule has 5 aromatic carbocycles. The maximum atomic E-state index is 12.7. The van der Waals surface area contributed by atoms with E-state index in [-0.39, 0.29) is 5.91 Å². The van der Waals surface area contributed by atoms with Gasteiger partial charge in [-0.05, 0) is 44.8 Å². The molecule has 0 fully saturated rings. The second kappa shape index (κ2) is 9.67. The fourth-order valence-corrected chi connectivity index (χ4v) is 4.18. The van der Waals surface area contributed by atoms with E-state index in [2.05, 4.69) is 47.8 Å². The number of amides is 1. The molecular weight excluding hydrogens is 422 g/mol. The molecule has 1 N–H and O–H groups in total. The monoisotopic (exact) mass is 447 g/mol. The van der Waals surface area contributed by atoms with Crippen LogP contribution in [0.5, 0.6) is 11.5 Å².